The van der Waals surface area contributed by atoms with Crippen molar-refractivity contribution in [1.82, 2.24) is 9.80 Å². The van der Waals surface area contributed by atoms with Crippen LogP contribution in [-0.2, 0) is 0 Å². The summed E-state index contributed by atoms with van der Waals surface area (Å²) >= 11 is 0. The van der Waals surface area contributed by atoms with Crippen molar-refractivity contribution in [2.24, 2.45) is 0 Å². The average molecular weight is 379 g/mol. The van der Waals surface area contributed by atoms with Gasteiger partial charge in [-0.1, -0.05) is 110 Å². The molecule has 1 heterocycles. The maximum atomic E-state index is 2.59. The summed E-state index contributed by atoms with van der Waals surface area (Å²) in [6, 6.07) is 0. The Kier molecular flexibility index (Phi) is 15.7. The highest BCUT2D eigenvalue weighted by Gasteiger charge is 2.22. The topological polar surface area (TPSA) is 6.48 Å². The number of nitrogens with zero attached hydrogens (tertiary/aromatic N) is 2. The monoisotopic (exact) mass is 378 g/mol. The lowest BCUT2D eigenvalue weighted by atomic mass is 10.0. The van der Waals surface area contributed by atoms with Gasteiger partial charge in [0.25, 0.3) is 0 Å². The molecule has 0 spiro atoms. The SMILES string of the molecule is CCCCCCCCCCCCCCCN1C=CN(C)C1CCCCCC. The number of unbranched alkanes of at least 4 members (excludes halogenated alkanes) is 15. The van der Waals surface area contributed by atoms with Gasteiger partial charge >= 0.3 is 0 Å². The largest absolute Gasteiger partial charge is 0.359 e. The second-order valence-corrected chi connectivity index (χ2v) is 8.77. The molecular weight excluding hydrogens is 328 g/mol. The molecule has 1 rings (SSSR count). The fourth-order valence-corrected chi connectivity index (χ4v) is 4.28. The van der Waals surface area contributed by atoms with Crippen LogP contribution in [0.4, 0.5) is 0 Å². The molecule has 0 aliphatic carbocycles. The molecule has 0 fully saturated rings. The molecule has 0 amide bonds. The first-order valence-corrected chi connectivity index (χ1v) is 12.5. The van der Waals surface area contributed by atoms with Crippen LogP contribution >= 0.6 is 0 Å². The Morgan fingerprint density at radius 2 is 1.00 bits per heavy atom. The molecule has 27 heavy (non-hydrogen) atoms. The van der Waals surface area contributed by atoms with E-state index in [1.165, 1.54) is 122 Å². The molecule has 0 N–H and O–H groups in total. The zero-order chi connectivity index (χ0) is 19.6. The van der Waals surface area contributed by atoms with Gasteiger partial charge in [-0.15, -0.1) is 0 Å². The van der Waals surface area contributed by atoms with Crippen molar-refractivity contribution >= 4 is 0 Å². The summed E-state index contributed by atoms with van der Waals surface area (Å²) in [5.41, 5.74) is 0. The highest BCUT2D eigenvalue weighted by atomic mass is 15.4. The number of rotatable bonds is 19. The summed E-state index contributed by atoms with van der Waals surface area (Å²) in [6.07, 6.45) is 30.8. The number of hydrogen-bond donors (Lipinski definition) is 0. The minimum absolute atomic E-state index is 0.624. The molecule has 1 unspecified atom stereocenters. The molecule has 1 aliphatic rings. The third kappa shape index (κ3) is 12.4. The summed E-state index contributed by atoms with van der Waals surface area (Å²) in [5, 5.41) is 0. The van der Waals surface area contributed by atoms with Gasteiger partial charge in [0.05, 0.1) is 0 Å². The third-order valence-corrected chi connectivity index (χ3v) is 6.18. The molecule has 0 aromatic rings. The summed E-state index contributed by atoms with van der Waals surface area (Å²) in [7, 11) is 2.24. The van der Waals surface area contributed by atoms with Crippen LogP contribution < -0.4 is 0 Å². The Morgan fingerprint density at radius 1 is 0.556 bits per heavy atom. The predicted octanol–water partition coefficient (Wildman–Crippen LogP) is 8.09. The molecule has 0 saturated heterocycles. The van der Waals surface area contributed by atoms with Gasteiger partial charge in [0, 0.05) is 26.0 Å². The Labute approximate surface area is 171 Å². The Hall–Kier alpha value is -0.660. The molecule has 0 saturated carbocycles. The van der Waals surface area contributed by atoms with Crippen LogP contribution in [0.2, 0.25) is 0 Å². The van der Waals surface area contributed by atoms with Gasteiger partial charge in [0.1, 0.15) is 6.17 Å². The maximum Gasteiger partial charge on any atom is 0.100 e. The smallest absolute Gasteiger partial charge is 0.100 e. The van der Waals surface area contributed by atoms with Crippen molar-refractivity contribution < 1.29 is 0 Å². The van der Waals surface area contributed by atoms with Crippen LogP contribution in [0.1, 0.15) is 129 Å². The molecule has 1 aliphatic heterocycles. The molecule has 0 radical (unpaired) electrons. The molecule has 2 heteroatoms. The quantitative estimate of drug-likeness (QED) is 0.209. The van der Waals surface area contributed by atoms with Gasteiger partial charge in [0.2, 0.25) is 0 Å². The first-order chi connectivity index (χ1) is 13.3. The maximum absolute atomic E-state index is 2.59. The van der Waals surface area contributed by atoms with E-state index >= 15 is 0 Å². The van der Waals surface area contributed by atoms with E-state index in [1.54, 1.807) is 0 Å². The van der Waals surface area contributed by atoms with E-state index < -0.39 is 0 Å². The van der Waals surface area contributed by atoms with Crippen molar-refractivity contribution in [2.45, 2.75) is 136 Å². The summed E-state index contributed by atoms with van der Waals surface area (Å²) in [4.78, 5) is 5.00. The average Bonchev–Trinajstić information content (AvgIpc) is 3.02. The van der Waals surface area contributed by atoms with Crippen LogP contribution in [0.5, 0.6) is 0 Å². The fraction of sp³-hybridized carbons (Fsp3) is 0.920. The fourth-order valence-electron chi connectivity index (χ4n) is 4.28. The van der Waals surface area contributed by atoms with Gasteiger partial charge in [-0.3, -0.25) is 0 Å². The predicted molar refractivity (Wildman–Crippen MR) is 122 cm³/mol. The standard InChI is InChI=1S/C25H50N2/c1-4-6-8-10-11-12-13-14-15-16-17-18-20-22-27-24-23-26(3)25(27)21-19-9-7-5-2/h23-25H,4-22H2,1-3H3. The first kappa shape index (κ1) is 24.4. The van der Waals surface area contributed by atoms with E-state index in [1.807, 2.05) is 0 Å². The van der Waals surface area contributed by atoms with Gasteiger partial charge in [-0.05, 0) is 19.3 Å². The van der Waals surface area contributed by atoms with E-state index in [0.29, 0.717) is 6.17 Å². The van der Waals surface area contributed by atoms with Gasteiger partial charge < -0.3 is 9.80 Å². The Bertz CT molecular complexity index is 339. The van der Waals surface area contributed by atoms with E-state index in [9.17, 15) is 0 Å². The van der Waals surface area contributed by atoms with Crippen molar-refractivity contribution in [3.63, 3.8) is 0 Å². The molecular formula is C25H50N2. The first-order valence-electron chi connectivity index (χ1n) is 12.5. The summed E-state index contributed by atoms with van der Waals surface area (Å²) in [6.45, 7) is 5.84. The van der Waals surface area contributed by atoms with Gasteiger partial charge in [0.15, 0.2) is 0 Å². The van der Waals surface area contributed by atoms with E-state index in [-0.39, 0.29) is 0 Å². The van der Waals surface area contributed by atoms with Crippen molar-refractivity contribution in [1.29, 1.82) is 0 Å². The zero-order valence-corrected chi connectivity index (χ0v) is 19.1. The molecule has 0 aromatic carbocycles. The highest BCUT2D eigenvalue weighted by molar-refractivity contribution is 4.95. The van der Waals surface area contributed by atoms with Crippen LogP contribution in [-0.4, -0.2) is 29.6 Å². The lowest BCUT2D eigenvalue weighted by Gasteiger charge is -2.30. The van der Waals surface area contributed by atoms with Crippen molar-refractivity contribution in [2.75, 3.05) is 13.6 Å². The number of hydrogen-bond acceptors (Lipinski definition) is 2. The van der Waals surface area contributed by atoms with Crippen molar-refractivity contribution in [3.8, 4) is 0 Å². The molecule has 0 aromatic heterocycles. The molecule has 160 valence electrons. The minimum Gasteiger partial charge on any atom is -0.359 e. The zero-order valence-electron chi connectivity index (χ0n) is 19.1. The van der Waals surface area contributed by atoms with Crippen LogP contribution in [0.3, 0.4) is 0 Å². The summed E-state index contributed by atoms with van der Waals surface area (Å²) < 4.78 is 0. The minimum atomic E-state index is 0.624. The third-order valence-electron chi connectivity index (χ3n) is 6.18. The van der Waals surface area contributed by atoms with Crippen molar-refractivity contribution in [3.05, 3.63) is 12.4 Å². The Balaban J connectivity index is 1.91. The molecule has 1 atom stereocenters. The molecule has 2 nitrogen and oxygen atoms in total. The van der Waals surface area contributed by atoms with Crippen LogP contribution in [0.25, 0.3) is 0 Å². The van der Waals surface area contributed by atoms with Gasteiger partial charge in [-0.25, -0.2) is 0 Å². The lowest BCUT2D eigenvalue weighted by Crippen LogP contribution is -2.37. The molecule has 0 bridgehead atoms. The van der Waals surface area contributed by atoms with Gasteiger partial charge in [-0.2, -0.15) is 0 Å². The van der Waals surface area contributed by atoms with Crippen LogP contribution in [0, 0.1) is 0 Å². The Morgan fingerprint density at radius 3 is 1.52 bits per heavy atom. The normalized spacial score (nSPS) is 16.6. The highest BCUT2D eigenvalue weighted by Crippen LogP contribution is 2.21. The second-order valence-electron chi connectivity index (χ2n) is 8.77. The van der Waals surface area contributed by atoms with E-state index in [4.69, 9.17) is 0 Å². The lowest BCUT2D eigenvalue weighted by molar-refractivity contribution is 0.159. The summed E-state index contributed by atoms with van der Waals surface area (Å²) in [5.74, 6) is 0. The second kappa shape index (κ2) is 17.4. The van der Waals surface area contributed by atoms with E-state index in [2.05, 4.69) is 43.1 Å². The van der Waals surface area contributed by atoms with Crippen LogP contribution in [0.15, 0.2) is 12.4 Å². The van der Waals surface area contributed by atoms with E-state index in [0.717, 1.165) is 0 Å².